The van der Waals surface area contributed by atoms with Gasteiger partial charge in [-0.05, 0) is 24.6 Å². The number of aliphatic hydroxyl groups is 1. The number of nitrogens with zero attached hydrogens (tertiary/aromatic N) is 1. The van der Waals surface area contributed by atoms with Crippen LogP contribution in [0.4, 0.5) is 5.69 Å². The van der Waals surface area contributed by atoms with E-state index in [4.69, 9.17) is 0 Å². The van der Waals surface area contributed by atoms with Gasteiger partial charge in [-0.3, -0.25) is 0 Å². The summed E-state index contributed by atoms with van der Waals surface area (Å²) in [5.74, 6) is 0. The van der Waals surface area contributed by atoms with Crippen LogP contribution in [0.1, 0.15) is 17.2 Å². The molecule has 94 valence electrons. The fourth-order valence-corrected chi connectivity index (χ4v) is 2.03. The topological polar surface area (TPSA) is 23.5 Å². The van der Waals surface area contributed by atoms with Gasteiger partial charge >= 0.3 is 0 Å². The maximum Gasteiger partial charge on any atom is 0.0964 e. The Morgan fingerprint density at radius 1 is 1.06 bits per heavy atom. The van der Waals surface area contributed by atoms with Gasteiger partial charge in [0.2, 0.25) is 0 Å². The minimum atomic E-state index is -0.463. The fraction of sp³-hybridized carbons (Fsp3) is 0.250. The summed E-state index contributed by atoms with van der Waals surface area (Å²) >= 11 is 0. The number of anilines is 1. The maximum atomic E-state index is 10.2. The van der Waals surface area contributed by atoms with Crippen molar-refractivity contribution < 1.29 is 5.11 Å². The average molecular weight is 241 g/mol. The molecule has 0 fully saturated rings. The molecule has 1 N–H and O–H groups in total. The Bertz CT molecular complexity index is 495. The van der Waals surface area contributed by atoms with Crippen LogP contribution in [0, 0.1) is 6.92 Å². The Balaban J connectivity index is 2.05. The molecule has 1 unspecified atom stereocenters. The third kappa shape index (κ3) is 3.11. The normalized spacial score (nSPS) is 12.2. The molecule has 0 heterocycles. The number of para-hydroxylation sites is 1. The second-order valence-electron chi connectivity index (χ2n) is 4.65. The van der Waals surface area contributed by atoms with Crippen molar-refractivity contribution in [3.8, 4) is 0 Å². The molecule has 0 aromatic heterocycles. The molecule has 18 heavy (non-hydrogen) atoms. The first kappa shape index (κ1) is 12.7. The predicted octanol–water partition coefficient (Wildman–Crippen LogP) is 3.16. The van der Waals surface area contributed by atoms with Gasteiger partial charge in [-0.15, -0.1) is 0 Å². The molecule has 2 nitrogen and oxygen atoms in total. The number of rotatable bonds is 4. The summed E-state index contributed by atoms with van der Waals surface area (Å²) < 4.78 is 0. The number of aryl methyl sites for hydroxylation is 1. The van der Waals surface area contributed by atoms with E-state index < -0.39 is 6.10 Å². The lowest BCUT2D eigenvalue weighted by Gasteiger charge is -2.23. The number of benzene rings is 2. The summed E-state index contributed by atoms with van der Waals surface area (Å²) in [5.41, 5.74) is 3.26. The van der Waals surface area contributed by atoms with Gasteiger partial charge in [-0.25, -0.2) is 0 Å². The largest absolute Gasteiger partial charge is 0.387 e. The van der Waals surface area contributed by atoms with E-state index in [-0.39, 0.29) is 0 Å². The summed E-state index contributed by atoms with van der Waals surface area (Å²) in [7, 11) is 1.99. The molecular weight excluding hydrogens is 222 g/mol. The zero-order valence-electron chi connectivity index (χ0n) is 10.9. The van der Waals surface area contributed by atoms with Gasteiger partial charge in [0.15, 0.2) is 0 Å². The maximum absolute atomic E-state index is 10.2. The molecule has 2 rings (SSSR count). The number of aliphatic hydroxyl groups excluding tert-OH is 1. The molecule has 0 aliphatic rings. The van der Waals surface area contributed by atoms with Crippen LogP contribution in [0.15, 0.2) is 54.6 Å². The number of likely N-dealkylation sites (N-methyl/N-ethyl adjacent to an activating group) is 1. The Morgan fingerprint density at radius 2 is 1.78 bits per heavy atom. The summed E-state index contributed by atoms with van der Waals surface area (Å²) in [6.45, 7) is 2.63. The molecule has 0 spiro atoms. The smallest absolute Gasteiger partial charge is 0.0964 e. The van der Waals surface area contributed by atoms with Crippen molar-refractivity contribution in [2.75, 3.05) is 18.5 Å². The summed E-state index contributed by atoms with van der Waals surface area (Å²) in [6.07, 6.45) is -0.463. The van der Waals surface area contributed by atoms with Crippen molar-refractivity contribution >= 4 is 5.69 Å². The molecule has 0 bridgehead atoms. The van der Waals surface area contributed by atoms with Crippen molar-refractivity contribution in [1.29, 1.82) is 0 Å². The first-order valence-electron chi connectivity index (χ1n) is 6.17. The van der Waals surface area contributed by atoms with Crippen LogP contribution in [-0.2, 0) is 0 Å². The highest BCUT2D eigenvalue weighted by molar-refractivity contribution is 5.45. The molecule has 0 radical (unpaired) electrons. The number of hydrogen-bond donors (Lipinski definition) is 1. The average Bonchev–Trinajstić information content (AvgIpc) is 2.39. The van der Waals surface area contributed by atoms with Gasteiger partial charge in [-0.1, -0.05) is 48.0 Å². The van der Waals surface area contributed by atoms with E-state index in [1.807, 2.05) is 68.6 Å². The van der Waals surface area contributed by atoms with E-state index in [1.54, 1.807) is 0 Å². The van der Waals surface area contributed by atoms with Gasteiger partial charge in [0.25, 0.3) is 0 Å². The van der Waals surface area contributed by atoms with Gasteiger partial charge < -0.3 is 10.0 Å². The highest BCUT2D eigenvalue weighted by Crippen LogP contribution is 2.18. The molecular formula is C16H19NO. The van der Waals surface area contributed by atoms with Crippen LogP contribution in [-0.4, -0.2) is 18.7 Å². The minimum Gasteiger partial charge on any atom is -0.387 e. The van der Waals surface area contributed by atoms with Crippen molar-refractivity contribution in [2.24, 2.45) is 0 Å². The molecule has 2 aromatic rings. The highest BCUT2D eigenvalue weighted by Gasteiger charge is 2.10. The monoisotopic (exact) mass is 241 g/mol. The van der Waals surface area contributed by atoms with Gasteiger partial charge in [0, 0.05) is 19.3 Å². The Labute approximate surface area is 109 Å². The lowest BCUT2D eigenvalue weighted by molar-refractivity contribution is 0.185. The quantitative estimate of drug-likeness (QED) is 0.888. The molecule has 0 aliphatic heterocycles. The Morgan fingerprint density at radius 3 is 2.44 bits per heavy atom. The zero-order chi connectivity index (χ0) is 13.0. The van der Waals surface area contributed by atoms with E-state index in [9.17, 15) is 5.11 Å². The van der Waals surface area contributed by atoms with Crippen LogP contribution < -0.4 is 4.90 Å². The molecule has 0 saturated heterocycles. The summed E-state index contributed by atoms with van der Waals surface area (Å²) in [4.78, 5) is 2.06. The lowest BCUT2D eigenvalue weighted by Crippen LogP contribution is -2.24. The first-order valence-corrected chi connectivity index (χ1v) is 6.17. The molecule has 2 aromatic carbocycles. The second kappa shape index (κ2) is 5.69. The highest BCUT2D eigenvalue weighted by atomic mass is 16.3. The van der Waals surface area contributed by atoms with Gasteiger partial charge in [-0.2, -0.15) is 0 Å². The Hall–Kier alpha value is -1.80. The first-order chi connectivity index (χ1) is 8.66. The SMILES string of the molecule is Cc1cccc(C(O)CN(C)c2ccccc2)c1. The molecule has 2 heteroatoms. The van der Waals surface area contributed by atoms with Gasteiger partial charge in [0.05, 0.1) is 6.10 Å². The van der Waals surface area contributed by atoms with E-state index in [1.165, 1.54) is 5.56 Å². The Kier molecular flexibility index (Phi) is 4.00. The summed E-state index contributed by atoms with van der Waals surface area (Å²) in [5, 5.41) is 10.2. The lowest BCUT2D eigenvalue weighted by atomic mass is 10.1. The summed E-state index contributed by atoms with van der Waals surface area (Å²) in [6, 6.07) is 18.1. The fourth-order valence-electron chi connectivity index (χ4n) is 2.03. The van der Waals surface area contributed by atoms with Crippen molar-refractivity contribution in [3.05, 3.63) is 65.7 Å². The number of hydrogen-bond acceptors (Lipinski definition) is 2. The van der Waals surface area contributed by atoms with E-state index in [2.05, 4.69) is 4.90 Å². The van der Waals surface area contributed by atoms with Crippen molar-refractivity contribution in [3.63, 3.8) is 0 Å². The third-order valence-electron chi connectivity index (χ3n) is 3.07. The van der Waals surface area contributed by atoms with Crippen molar-refractivity contribution in [1.82, 2.24) is 0 Å². The zero-order valence-corrected chi connectivity index (χ0v) is 10.9. The van der Waals surface area contributed by atoms with E-state index >= 15 is 0 Å². The molecule has 0 amide bonds. The second-order valence-corrected chi connectivity index (χ2v) is 4.65. The van der Waals surface area contributed by atoms with Crippen LogP contribution in [0.5, 0.6) is 0 Å². The molecule has 0 aliphatic carbocycles. The van der Waals surface area contributed by atoms with E-state index in [0.717, 1.165) is 11.3 Å². The van der Waals surface area contributed by atoms with E-state index in [0.29, 0.717) is 6.54 Å². The minimum absolute atomic E-state index is 0.463. The van der Waals surface area contributed by atoms with Crippen LogP contribution in [0.3, 0.4) is 0 Å². The van der Waals surface area contributed by atoms with Crippen molar-refractivity contribution in [2.45, 2.75) is 13.0 Å². The third-order valence-corrected chi connectivity index (χ3v) is 3.07. The molecule has 0 saturated carbocycles. The molecule has 1 atom stereocenters. The van der Waals surface area contributed by atoms with Gasteiger partial charge in [0.1, 0.15) is 0 Å². The predicted molar refractivity (Wildman–Crippen MR) is 75.9 cm³/mol. The van der Waals surface area contributed by atoms with Crippen LogP contribution >= 0.6 is 0 Å². The van der Waals surface area contributed by atoms with Crippen LogP contribution in [0.25, 0.3) is 0 Å². The van der Waals surface area contributed by atoms with Crippen LogP contribution in [0.2, 0.25) is 0 Å². The standard InChI is InChI=1S/C16H19NO/c1-13-7-6-8-14(11-13)16(18)12-17(2)15-9-4-3-5-10-15/h3-11,16,18H,12H2,1-2H3.